The van der Waals surface area contributed by atoms with Crippen LogP contribution in [0, 0.1) is 0 Å². The molecule has 2 N–H and O–H groups in total. The molecule has 4 atom stereocenters. The Morgan fingerprint density at radius 2 is 1.93 bits per heavy atom. The van der Waals surface area contributed by atoms with Gasteiger partial charge >= 0.3 is 0 Å². The summed E-state index contributed by atoms with van der Waals surface area (Å²) < 4.78 is 7.37. The van der Waals surface area contributed by atoms with E-state index in [4.69, 9.17) is 4.74 Å². The van der Waals surface area contributed by atoms with E-state index >= 15 is 0 Å². The van der Waals surface area contributed by atoms with Crippen molar-refractivity contribution in [1.82, 2.24) is 20.2 Å². The molecule has 0 amide bonds. The van der Waals surface area contributed by atoms with Crippen LogP contribution >= 0.6 is 0 Å². The molecule has 4 rings (SSSR count). The monoisotopic (exact) mass is 372 g/mol. The summed E-state index contributed by atoms with van der Waals surface area (Å²) >= 11 is 0. The summed E-state index contributed by atoms with van der Waals surface area (Å²) in [5.74, 6) is 1.84. The number of hydrogen-bond donors (Lipinski definition) is 2. The highest BCUT2D eigenvalue weighted by atomic mass is 16.5. The molecule has 1 aromatic heterocycles. The van der Waals surface area contributed by atoms with Crippen molar-refractivity contribution in [3.63, 3.8) is 0 Å². The van der Waals surface area contributed by atoms with Crippen LogP contribution in [0.25, 0.3) is 0 Å². The normalized spacial score (nSPS) is 26.6. The van der Waals surface area contributed by atoms with E-state index in [2.05, 4.69) is 48.4 Å². The Hall–Kier alpha value is -1.99. The van der Waals surface area contributed by atoms with Crippen LogP contribution in [-0.2, 0) is 5.54 Å². The van der Waals surface area contributed by atoms with Gasteiger partial charge in [0.25, 0.3) is 0 Å². The average Bonchev–Trinajstić information content (AvgIpc) is 3.31. The standard InChI is InChI=1S/C20H30N6O/c1-20(2,3)26-19(21-22-23-26)18(15-7-9-17(27-4)10-8-15)25-13-12-24-11-5-6-16(24)14-25/h7-10,16,18H,5-6,11-14H2,1-4H3/p+2/t16-,18+/m1/s1. The maximum atomic E-state index is 5.36. The highest BCUT2D eigenvalue weighted by Gasteiger charge is 2.43. The molecule has 3 heterocycles. The van der Waals surface area contributed by atoms with Crippen LogP contribution in [0.15, 0.2) is 24.3 Å². The van der Waals surface area contributed by atoms with Crippen LogP contribution < -0.4 is 14.5 Å². The van der Waals surface area contributed by atoms with Gasteiger partial charge in [-0.05, 0) is 55.5 Å². The molecule has 7 heteroatoms. The van der Waals surface area contributed by atoms with Crippen LogP contribution in [0.1, 0.15) is 51.0 Å². The van der Waals surface area contributed by atoms with Gasteiger partial charge in [0.05, 0.1) is 19.2 Å². The lowest BCUT2D eigenvalue weighted by molar-refractivity contribution is -1.03. The van der Waals surface area contributed by atoms with Crippen molar-refractivity contribution < 1.29 is 14.5 Å². The first kappa shape index (κ1) is 18.4. The van der Waals surface area contributed by atoms with Crippen molar-refractivity contribution in [2.24, 2.45) is 0 Å². The number of benzene rings is 1. The molecule has 2 unspecified atom stereocenters. The largest absolute Gasteiger partial charge is 0.497 e. The van der Waals surface area contributed by atoms with Gasteiger partial charge in [0.2, 0.25) is 5.82 Å². The number of piperazine rings is 1. The number of tetrazole rings is 1. The van der Waals surface area contributed by atoms with E-state index in [1.807, 2.05) is 16.8 Å². The Bertz CT molecular complexity index is 766. The summed E-state index contributed by atoms with van der Waals surface area (Å²) in [6, 6.07) is 9.35. The smallest absolute Gasteiger partial charge is 0.214 e. The minimum Gasteiger partial charge on any atom is -0.497 e. The molecule has 1 aromatic carbocycles. The Labute approximate surface area is 161 Å². The number of nitrogens with one attached hydrogen (secondary N) is 2. The topological polar surface area (TPSA) is 61.7 Å². The maximum Gasteiger partial charge on any atom is 0.214 e. The van der Waals surface area contributed by atoms with Crippen molar-refractivity contribution >= 4 is 0 Å². The number of ether oxygens (including phenoxy) is 1. The van der Waals surface area contributed by atoms with Gasteiger partial charge in [0.1, 0.15) is 31.4 Å². The van der Waals surface area contributed by atoms with Gasteiger partial charge in [-0.1, -0.05) is 0 Å². The molecule has 0 bridgehead atoms. The molecule has 2 aliphatic heterocycles. The fourth-order valence-corrected chi connectivity index (χ4v) is 4.78. The molecule has 146 valence electrons. The molecule has 0 spiro atoms. The lowest BCUT2D eigenvalue weighted by Gasteiger charge is -2.37. The molecular formula is C20H32N6O+2. The number of hydrogen-bond acceptors (Lipinski definition) is 4. The highest BCUT2D eigenvalue weighted by molar-refractivity contribution is 5.30. The zero-order valence-corrected chi connectivity index (χ0v) is 16.9. The molecular weight excluding hydrogens is 340 g/mol. The Morgan fingerprint density at radius 1 is 1.15 bits per heavy atom. The van der Waals surface area contributed by atoms with E-state index in [9.17, 15) is 0 Å². The van der Waals surface area contributed by atoms with Crippen LogP contribution in [0.4, 0.5) is 0 Å². The summed E-state index contributed by atoms with van der Waals surface area (Å²) in [5.41, 5.74) is 1.11. The van der Waals surface area contributed by atoms with Gasteiger partial charge < -0.3 is 14.5 Å². The second-order valence-electron chi connectivity index (χ2n) is 8.94. The lowest BCUT2D eigenvalue weighted by atomic mass is 10.00. The predicted molar refractivity (Wildman–Crippen MR) is 102 cm³/mol. The number of quaternary nitrogens is 2. The van der Waals surface area contributed by atoms with Crippen LogP contribution in [0.5, 0.6) is 5.75 Å². The zero-order valence-electron chi connectivity index (χ0n) is 16.9. The van der Waals surface area contributed by atoms with Crippen molar-refractivity contribution in [2.75, 3.05) is 33.3 Å². The molecule has 0 aliphatic carbocycles. The minimum absolute atomic E-state index is 0.146. The first-order chi connectivity index (χ1) is 13.0. The minimum atomic E-state index is -0.149. The van der Waals surface area contributed by atoms with Gasteiger partial charge in [0, 0.05) is 18.4 Å². The second kappa shape index (κ2) is 7.20. The van der Waals surface area contributed by atoms with Crippen LogP contribution in [0.3, 0.4) is 0 Å². The van der Waals surface area contributed by atoms with E-state index in [-0.39, 0.29) is 11.6 Å². The van der Waals surface area contributed by atoms with E-state index in [1.54, 1.807) is 16.9 Å². The molecule has 2 fully saturated rings. The molecule has 2 aliphatic rings. The third-order valence-corrected chi connectivity index (χ3v) is 6.15. The summed E-state index contributed by atoms with van der Waals surface area (Å²) in [4.78, 5) is 3.37. The molecule has 0 radical (unpaired) electrons. The van der Waals surface area contributed by atoms with Gasteiger partial charge in [-0.15, -0.1) is 5.10 Å². The van der Waals surface area contributed by atoms with Gasteiger partial charge in [-0.3, -0.25) is 0 Å². The number of nitrogens with zero attached hydrogens (tertiary/aromatic N) is 4. The Morgan fingerprint density at radius 3 is 2.63 bits per heavy atom. The van der Waals surface area contributed by atoms with Crippen LogP contribution in [-0.4, -0.2) is 59.5 Å². The van der Waals surface area contributed by atoms with Gasteiger partial charge in [-0.2, -0.15) is 0 Å². The molecule has 2 saturated heterocycles. The molecule has 0 saturated carbocycles. The van der Waals surface area contributed by atoms with Crippen LogP contribution in [0.2, 0.25) is 0 Å². The van der Waals surface area contributed by atoms with Crippen molar-refractivity contribution in [1.29, 1.82) is 0 Å². The Kier molecular flexibility index (Phi) is 4.90. The first-order valence-electron chi connectivity index (χ1n) is 10.1. The number of aromatic nitrogens is 4. The maximum absolute atomic E-state index is 5.36. The lowest BCUT2D eigenvalue weighted by Crippen LogP contribution is -3.29. The van der Waals surface area contributed by atoms with Gasteiger partial charge in [-0.25, -0.2) is 4.68 Å². The fraction of sp³-hybridized carbons (Fsp3) is 0.650. The average molecular weight is 373 g/mol. The number of fused-ring (bicyclic) bond motifs is 1. The quantitative estimate of drug-likeness (QED) is 0.758. The molecule has 7 nitrogen and oxygen atoms in total. The van der Waals surface area contributed by atoms with Crippen molar-refractivity contribution in [3.05, 3.63) is 35.7 Å². The van der Waals surface area contributed by atoms with E-state index in [1.165, 1.54) is 38.0 Å². The third-order valence-electron chi connectivity index (χ3n) is 6.15. The SMILES string of the molecule is COc1ccc([C@@H](c2nnnn2C(C)(C)C)[NH+]2CC[NH+]3CCC[C@@H]3C2)cc1. The van der Waals surface area contributed by atoms with E-state index in [0.717, 1.165) is 24.2 Å². The second-order valence-corrected chi connectivity index (χ2v) is 8.94. The van der Waals surface area contributed by atoms with E-state index in [0.29, 0.717) is 0 Å². The van der Waals surface area contributed by atoms with Crippen molar-refractivity contribution in [3.8, 4) is 5.75 Å². The number of rotatable bonds is 4. The Balaban J connectivity index is 1.72. The number of methoxy groups -OCH3 is 1. The summed E-state index contributed by atoms with van der Waals surface area (Å²) in [5, 5.41) is 12.9. The molecule has 27 heavy (non-hydrogen) atoms. The summed E-state index contributed by atoms with van der Waals surface area (Å²) in [6.45, 7) is 11.4. The van der Waals surface area contributed by atoms with E-state index < -0.39 is 0 Å². The predicted octanol–water partition coefficient (Wildman–Crippen LogP) is -0.528. The van der Waals surface area contributed by atoms with Gasteiger partial charge in [0.15, 0.2) is 6.04 Å². The summed E-state index contributed by atoms with van der Waals surface area (Å²) in [6.07, 6.45) is 2.71. The summed E-state index contributed by atoms with van der Waals surface area (Å²) in [7, 11) is 1.71. The third kappa shape index (κ3) is 3.58. The molecule has 2 aromatic rings. The first-order valence-corrected chi connectivity index (χ1v) is 10.1. The van der Waals surface area contributed by atoms with Crippen molar-refractivity contribution in [2.45, 2.75) is 51.2 Å². The zero-order chi connectivity index (χ0) is 19.0. The fourth-order valence-electron chi connectivity index (χ4n) is 4.78. The highest BCUT2D eigenvalue weighted by Crippen LogP contribution is 2.24.